The summed E-state index contributed by atoms with van der Waals surface area (Å²) in [5, 5.41) is 53.3. The minimum absolute atomic E-state index is 0.0645. The second-order valence-electron chi connectivity index (χ2n) is 18.6. The zero-order valence-electron chi connectivity index (χ0n) is 39.7. The molecule has 64 heavy (non-hydrogen) atoms. The van der Waals surface area contributed by atoms with E-state index in [9.17, 15) is 34.8 Å². The van der Waals surface area contributed by atoms with Gasteiger partial charge in [-0.1, -0.05) is 45.0 Å². The third kappa shape index (κ3) is 12.8. The highest BCUT2D eigenvalue weighted by Gasteiger charge is 2.55. The van der Waals surface area contributed by atoms with E-state index < -0.39 is 65.4 Å². The number of nitrogens with one attached hydrogen (secondary N) is 1. The number of Topliss-reactive ketones (excluding diaryl/α,β-unsaturated/α-hetero) is 1. The van der Waals surface area contributed by atoms with Gasteiger partial charge in [0.15, 0.2) is 12.1 Å². The van der Waals surface area contributed by atoms with Crippen LogP contribution in [0.15, 0.2) is 30.5 Å². The Kier molecular flexibility index (Phi) is 19.5. The lowest BCUT2D eigenvalue weighted by Gasteiger charge is -2.47. The number of ether oxygens (including phenoxy) is 4. The van der Waals surface area contributed by atoms with Crippen molar-refractivity contribution >= 4 is 23.5 Å². The third-order valence-corrected chi connectivity index (χ3v) is 13.7. The van der Waals surface area contributed by atoms with Crippen molar-refractivity contribution < 1.29 is 53.8 Å². The first kappa shape index (κ1) is 52.9. The summed E-state index contributed by atoms with van der Waals surface area (Å²) in [5.74, 6) is -4.18. The van der Waals surface area contributed by atoms with Crippen molar-refractivity contribution in [3.05, 3.63) is 30.5 Å². The number of aliphatic hydroxyl groups is 3. The fourth-order valence-corrected chi connectivity index (χ4v) is 9.70. The molecule has 2 saturated heterocycles. The number of carbonyl (C=O) groups is 3. The van der Waals surface area contributed by atoms with Crippen LogP contribution in [0.4, 0.5) is 10.5 Å². The molecule has 362 valence electrons. The Morgan fingerprint density at radius 1 is 1.12 bits per heavy atom. The summed E-state index contributed by atoms with van der Waals surface area (Å²) in [7, 11) is 1.52. The Labute approximate surface area is 379 Å². The number of anilines is 1. The van der Waals surface area contributed by atoms with Crippen molar-refractivity contribution in [2.45, 2.75) is 155 Å². The fourth-order valence-electron chi connectivity index (χ4n) is 9.70. The molecule has 0 radical (unpaired) electrons. The van der Waals surface area contributed by atoms with Crippen molar-refractivity contribution in [3.8, 4) is 11.3 Å². The van der Waals surface area contributed by atoms with Crippen molar-refractivity contribution in [2.75, 3.05) is 52.2 Å². The van der Waals surface area contributed by atoms with Crippen LogP contribution in [0.5, 0.6) is 0 Å². The lowest BCUT2D eigenvalue weighted by atomic mass is 9.78. The molecule has 1 aromatic heterocycles. The molecule has 2 aliphatic rings. The summed E-state index contributed by atoms with van der Waals surface area (Å²) < 4.78 is 27.0. The van der Waals surface area contributed by atoms with Gasteiger partial charge in [-0.2, -0.15) is 0 Å². The topological polar surface area (TPSA) is 244 Å². The molecule has 2 aliphatic heterocycles. The van der Waals surface area contributed by atoms with Crippen LogP contribution in [0.25, 0.3) is 11.3 Å². The molecule has 0 spiro atoms. The van der Waals surface area contributed by atoms with Crippen LogP contribution < -0.4 is 11.1 Å². The third-order valence-electron chi connectivity index (χ3n) is 13.7. The zero-order chi connectivity index (χ0) is 47.5. The van der Waals surface area contributed by atoms with Gasteiger partial charge in [-0.05, 0) is 97.2 Å². The Bertz CT molecular complexity index is 1800. The van der Waals surface area contributed by atoms with Crippen LogP contribution in [0, 0.1) is 23.7 Å². The smallest absolute Gasteiger partial charge is 0.410 e. The maximum absolute atomic E-state index is 13.7. The Hall–Kier alpha value is -3.75. The predicted octanol–water partition coefficient (Wildman–Crippen LogP) is 3.80. The van der Waals surface area contributed by atoms with Crippen LogP contribution in [0.1, 0.15) is 94.4 Å². The largest absolute Gasteiger partial charge is 0.481 e. The molecule has 0 bridgehead atoms. The molecular formula is C46H77N7O11. The molecule has 3 unspecified atom stereocenters. The molecule has 0 aliphatic carbocycles. The molecule has 2 aromatic rings. The van der Waals surface area contributed by atoms with Crippen LogP contribution in [0.3, 0.4) is 0 Å². The molecule has 1 aromatic carbocycles. The highest BCUT2D eigenvalue weighted by atomic mass is 16.7. The first-order valence-corrected chi connectivity index (χ1v) is 23.0. The van der Waals surface area contributed by atoms with Gasteiger partial charge in [-0.3, -0.25) is 24.1 Å². The molecule has 7 N–H and O–H groups in total. The molecular weight excluding hydrogens is 827 g/mol. The van der Waals surface area contributed by atoms with Crippen molar-refractivity contribution in [1.29, 1.82) is 0 Å². The summed E-state index contributed by atoms with van der Waals surface area (Å²) in [6, 6.07) is 6.47. The van der Waals surface area contributed by atoms with Crippen LogP contribution >= 0.6 is 0 Å². The zero-order valence-corrected chi connectivity index (χ0v) is 39.7. The number of hydrogen-bond donors (Lipinski definition) is 6. The molecule has 1 amide bonds. The van der Waals surface area contributed by atoms with Gasteiger partial charge in [-0.25, -0.2) is 4.79 Å². The number of nitrogen functional groups attached to an aromatic ring is 1. The molecule has 13 atom stereocenters. The normalized spacial score (nSPS) is 26.5. The molecule has 2 fully saturated rings. The number of carboxylic acid groups (broad SMARTS) is 1. The average Bonchev–Trinajstić information content (AvgIpc) is 3.84. The van der Waals surface area contributed by atoms with Gasteiger partial charge < -0.3 is 50.4 Å². The number of amides is 1. The number of cyclic esters (lactones) is 1. The van der Waals surface area contributed by atoms with E-state index in [1.54, 1.807) is 16.5 Å². The number of carboxylic acids is 1. The quantitative estimate of drug-likeness (QED) is 0.0424. The number of hydrogen-bond acceptors (Lipinski definition) is 15. The minimum Gasteiger partial charge on any atom is -0.481 e. The van der Waals surface area contributed by atoms with E-state index in [1.807, 2.05) is 63.1 Å². The summed E-state index contributed by atoms with van der Waals surface area (Å²) in [6.45, 7) is 18.5. The molecule has 3 heterocycles. The Morgan fingerprint density at radius 2 is 1.80 bits per heavy atom. The van der Waals surface area contributed by atoms with Gasteiger partial charge in [0, 0.05) is 62.5 Å². The summed E-state index contributed by atoms with van der Waals surface area (Å²) in [6.07, 6.45) is 0.659. The number of aromatic nitrogens is 3. The first-order valence-electron chi connectivity index (χ1n) is 23.0. The summed E-state index contributed by atoms with van der Waals surface area (Å²) >= 11 is 0. The predicted molar refractivity (Wildman–Crippen MR) is 241 cm³/mol. The lowest BCUT2D eigenvalue weighted by Crippen LogP contribution is -2.60. The monoisotopic (exact) mass is 904 g/mol. The maximum Gasteiger partial charge on any atom is 0.410 e. The van der Waals surface area contributed by atoms with E-state index >= 15 is 0 Å². The minimum atomic E-state index is -1.33. The van der Waals surface area contributed by atoms with Gasteiger partial charge in [0.1, 0.15) is 23.3 Å². The van der Waals surface area contributed by atoms with E-state index in [4.69, 9.17) is 24.7 Å². The number of nitrogens with two attached hydrogens (primary N) is 1. The van der Waals surface area contributed by atoms with Crippen LogP contribution in [0.2, 0.25) is 0 Å². The Balaban J connectivity index is 1.50. The number of ketones is 1. The number of benzene rings is 1. The number of aliphatic hydroxyl groups excluding tert-OH is 3. The maximum atomic E-state index is 13.7. The fraction of sp³-hybridized carbons (Fsp3) is 0.761. The van der Waals surface area contributed by atoms with Gasteiger partial charge in [0.25, 0.3) is 0 Å². The molecule has 4 rings (SSSR count). The second-order valence-corrected chi connectivity index (χ2v) is 18.6. The van der Waals surface area contributed by atoms with E-state index in [0.29, 0.717) is 44.6 Å². The number of aryl methyl sites for hydroxylation is 1. The molecule has 18 nitrogen and oxygen atoms in total. The molecule has 0 saturated carbocycles. The number of nitrogens with zero attached hydrogens (tertiary/aromatic N) is 5. The number of aliphatic carboxylic acids is 1. The number of methoxy groups -OCH3 is 1. The summed E-state index contributed by atoms with van der Waals surface area (Å²) in [4.78, 5) is 43.1. The van der Waals surface area contributed by atoms with Crippen molar-refractivity contribution in [2.24, 2.45) is 23.7 Å². The van der Waals surface area contributed by atoms with Crippen molar-refractivity contribution in [3.63, 3.8) is 0 Å². The van der Waals surface area contributed by atoms with Gasteiger partial charge >= 0.3 is 12.1 Å². The highest BCUT2D eigenvalue weighted by molar-refractivity contribution is 5.99. The van der Waals surface area contributed by atoms with Gasteiger partial charge in [0.05, 0.1) is 43.3 Å². The van der Waals surface area contributed by atoms with E-state index in [-0.39, 0.29) is 56.3 Å². The molecule has 18 heteroatoms. The SMILES string of the molecule is CC[C@@H](C)[C@@]1(C)OC(=O)N(CCCCn2cc(-c3cccc(N)c3)nn2)[C@@H]1[C@@H](C)NC[C@H](C)C[C@@](C)(OC)[C@H](O[C@@H]1OC(C)CC(N(CCO)CCO)C1O)[C@@H](C)C(=O)[C@@H](C)C(=O)O. The summed E-state index contributed by atoms with van der Waals surface area (Å²) in [5.41, 5.74) is 6.29. The van der Waals surface area contributed by atoms with E-state index in [0.717, 1.165) is 24.1 Å². The van der Waals surface area contributed by atoms with Gasteiger partial charge in [-0.15, -0.1) is 5.10 Å². The number of carbonyl (C=O) groups excluding carboxylic acids is 2. The standard InChI is InChI=1S/C46H77N7O11/c1-11-29(3)46(9)40(53(44(60)64-46)18-13-12-17-52-27-36(49-50-52)34-15-14-16-35(47)24-34)33(7)48-26-28(2)25-45(8,61-10)41(31(5)38(56)32(6)42(58)59)63-43-39(57)37(23-30(4)62-43)51(19-21-54)20-22-55/h14-16,24,27-33,37,39-41,43,48,54-55,57H,11-13,17-23,25-26,47H2,1-10H3,(H,58,59)/t28-,29-,30?,31+,32-,33-,37?,39?,40-,41-,43+,45-,46-/m1/s1. The first-order chi connectivity index (χ1) is 30.2. The number of unbranched alkanes of at least 4 members (excludes halogenated alkanes) is 1. The van der Waals surface area contributed by atoms with Crippen molar-refractivity contribution in [1.82, 2.24) is 30.1 Å². The number of rotatable bonds is 27. The average molecular weight is 904 g/mol. The van der Waals surface area contributed by atoms with Gasteiger partial charge in [0.2, 0.25) is 0 Å². The van der Waals surface area contributed by atoms with Crippen LogP contribution in [-0.4, -0.2) is 163 Å². The second kappa shape index (κ2) is 23.6. The van der Waals surface area contributed by atoms with E-state index in [1.165, 1.54) is 14.0 Å². The van der Waals surface area contributed by atoms with Crippen LogP contribution in [-0.2, 0) is 35.1 Å². The highest BCUT2D eigenvalue weighted by Crippen LogP contribution is 2.40. The Morgan fingerprint density at radius 3 is 2.41 bits per heavy atom. The lowest BCUT2D eigenvalue weighted by molar-refractivity contribution is -0.297. The van der Waals surface area contributed by atoms with E-state index in [2.05, 4.69) is 36.4 Å².